The summed E-state index contributed by atoms with van der Waals surface area (Å²) in [6.07, 6.45) is -3.93. The molecule has 1 nitrogen and oxygen atoms in total. The van der Waals surface area contributed by atoms with E-state index in [0.29, 0.717) is 12.8 Å². The van der Waals surface area contributed by atoms with Crippen LogP contribution in [-0.2, 0) is 0 Å². The average Bonchev–Trinajstić information content (AvgIpc) is 2.10. The lowest BCUT2D eigenvalue weighted by molar-refractivity contribution is -1.22. The molecule has 0 amide bonds. The normalized spacial score (nSPS) is 17.6. The van der Waals surface area contributed by atoms with Gasteiger partial charge < -0.3 is 0 Å². The van der Waals surface area contributed by atoms with Crippen LogP contribution in [0.15, 0.2) is 0 Å². The van der Waals surface area contributed by atoms with E-state index < -0.39 is 22.9 Å². The van der Waals surface area contributed by atoms with Gasteiger partial charge in [-0.1, -0.05) is 19.8 Å². The maximum absolute atomic E-state index is 13.3. The zero-order chi connectivity index (χ0) is 12.3. The van der Waals surface area contributed by atoms with Crippen LogP contribution < -0.4 is 0 Å². The summed E-state index contributed by atoms with van der Waals surface area (Å²) < 4.78 is 53.0. The SMILES string of the molecule is CCCCC(F)C(F)[N+](F)(F)C(C)(C)C. The van der Waals surface area contributed by atoms with Crippen molar-refractivity contribution < 1.29 is 22.7 Å². The maximum Gasteiger partial charge on any atom is 0.335 e. The molecule has 0 aliphatic heterocycles. The lowest BCUT2D eigenvalue weighted by Crippen LogP contribution is -2.55. The fourth-order valence-electron chi connectivity index (χ4n) is 1.11. The third-order valence-electron chi connectivity index (χ3n) is 2.34. The smallest absolute Gasteiger partial charge is 0.237 e. The van der Waals surface area contributed by atoms with E-state index in [4.69, 9.17) is 0 Å². The number of hydrogen-bond donors (Lipinski definition) is 0. The largest absolute Gasteiger partial charge is 0.335 e. The van der Waals surface area contributed by atoms with Crippen molar-refractivity contribution in [2.75, 3.05) is 0 Å². The van der Waals surface area contributed by atoms with E-state index >= 15 is 0 Å². The second-order valence-electron chi connectivity index (χ2n) is 4.76. The van der Waals surface area contributed by atoms with Gasteiger partial charge in [0.05, 0.1) is 4.93 Å². The number of hydrogen-bond acceptors (Lipinski definition) is 0. The summed E-state index contributed by atoms with van der Waals surface area (Å²) in [5.41, 5.74) is -1.62. The molecular weight excluding hydrogens is 210 g/mol. The molecule has 0 bridgehead atoms. The first-order valence-electron chi connectivity index (χ1n) is 5.20. The predicted octanol–water partition coefficient (Wildman–Crippen LogP) is 4.19. The van der Waals surface area contributed by atoms with Crippen LogP contribution in [0.3, 0.4) is 0 Å². The van der Waals surface area contributed by atoms with Crippen molar-refractivity contribution in [1.29, 1.82) is 0 Å². The molecule has 0 aliphatic carbocycles. The molecule has 92 valence electrons. The zero-order valence-corrected chi connectivity index (χ0v) is 9.74. The van der Waals surface area contributed by atoms with Crippen LogP contribution in [0.2, 0.25) is 0 Å². The lowest BCUT2D eigenvalue weighted by Gasteiger charge is -2.30. The van der Waals surface area contributed by atoms with Crippen molar-refractivity contribution in [2.24, 2.45) is 0 Å². The molecule has 0 saturated carbocycles. The summed E-state index contributed by atoms with van der Waals surface area (Å²) in [5, 5.41) is 0. The first-order valence-corrected chi connectivity index (χ1v) is 5.20. The second-order valence-corrected chi connectivity index (χ2v) is 4.76. The number of alkyl halides is 2. The van der Waals surface area contributed by atoms with Gasteiger partial charge >= 0.3 is 6.30 Å². The zero-order valence-electron chi connectivity index (χ0n) is 9.74. The highest BCUT2D eigenvalue weighted by molar-refractivity contribution is 4.64. The fourth-order valence-corrected chi connectivity index (χ4v) is 1.11. The van der Waals surface area contributed by atoms with Crippen molar-refractivity contribution in [2.45, 2.75) is 65.0 Å². The van der Waals surface area contributed by atoms with E-state index in [2.05, 4.69) is 0 Å². The van der Waals surface area contributed by atoms with E-state index in [1.54, 1.807) is 6.92 Å². The molecule has 0 aromatic carbocycles. The van der Waals surface area contributed by atoms with Crippen molar-refractivity contribution in [3.8, 4) is 0 Å². The van der Waals surface area contributed by atoms with Crippen LogP contribution in [0.4, 0.5) is 17.7 Å². The molecule has 0 saturated heterocycles. The summed E-state index contributed by atoms with van der Waals surface area (Å²) in [5.74, 6) is 0. The molecular formula is C10H20F4N+. The number of nitrogens with zero attached hydrogens (tertiary/aromatic N) is 1. The van der Waals surface area contributed by atoms with Crippen molar-refractivity contribution in [3.05, 3.63) is 0 Å². The minimum absolute atomic E-state index is 0.151. The Morgan fingerprint density at radius 3 is 1.93 bits per heavy atom. The molecule has 0 aliphatic rings. The first-order chi connectivity index (χ1) is 6.64. The second kappa shape index (κ2) is 5.14. The third kappa shape index (κ3) is 3.63. The molecule has 0 N–H and O–H groups in total. The van der Waals surface area contributed by atoms with Gasteiger partial charge in [-0.3, -0.25) is 0 Å². The highest BCUT2D eigenvalue weighted by atomic mass is 19.4. The van der Waals surface area contributed by atoms with E-state index in [1.165, 1.54) is 20.8 Å². The monoisotopic (exact) mass is 230 g/mol. The summed E-state index contributed by atoms with van der Waals surface area (Å²) in [6.45, 7) is 5.36. The quantitative estimate of drug-likeness (QED) is 0.377. The highest BCUT2D eigenvalue weighted by Gasteiger charge is 2.56. The first kappa shape index (κ1) is 14.7. The molecule has 15 heavy (non-hydrogen) atoms. The third-order valence-corrected chi connectivity index (χ3v) is 2.34. The molecule has 0 fully saturated rings. The van der Waals surface area contributed by atoms with Gasteiger partial charge in [0.15, 0.2) is 11.7 Å². The van der Waals surface area contributed by atoms with Crippen molar-refractivity contribution in [1.82, 2.24) is 0 Å². The van der Waals surface area contributed by atoms with E-state index in [-0.39, 0.29) is 6.42 Å². The molecule has 0 heterocycles. The Morgan fingerprint density at radius 2 is 1.60 bits per heavy atom. The standard InChI is InChI=1S/C10H20F4N/c1-5-6-7-8(11)9(12)15(13,14)10(2,3)4/h8-9H,5-7H2,1-4H3/q+1. The van der Waals surface area contributed by atoms with Gasteiger partial charge in [-0.25, -0.2) is 4.39 Å². The van der Waals surface area contributed by atoms with Crippen molar-refractivity contribution >= 4 is 0 Å². The number of unbranched alkanes of at least 4 members (excludes halogenated alkanes) is 1. The van der Waals surface area contributed by atoms with Gasteiger partial charge in [-0.2, -0.15) is 4.39 Å². The molecule has 2 atom stereocenters. The predicted molar refractivity (Wildman–Crippen MR) is 51.5 cm³/mol. The molecule has 0 aromatic heterocycles. The molecule has 0 spiro atoms. The molecule has 0 rings (SSSR count). The molecule has 0 radical (unpaired) electrons. The molecule has 2 unspecified atom stereocenters. The van der Waals surface area contributed by atoms with Gasteiger partial charge in [0.25, 0.3) is 0 Å². The van der Waals surface area contributed by atoms with Crippen LogP contribution in [0.5, 0.6) is 0 Å². The van der Waals surface area contributed by atoms with Crippen LogP contribution in [-0.4, -0.2) is 22.9 Å². The number of quaternary nitrogens is 1. The Kier molecular flexibility index (Phi) is 5.03. The lowest BCUT2D eigenvalue weighted by atomic mass is 10.1. The van der Waals surface area contributed by atoms with Gasteiger partial charge in [0, 0.05) is 8.96 Å². The van der Waals surface area contributed by atoms with Crippen LogP contribution in [0.1, 0.15) is 47.0 Å². The minimum Gasteiger partial charge on any atom is -0.237 e. The van der Waals surface area contributed by atoms with E-state index in [9.17, 15) is 17.7 Å². The Hall–Kier alpha value is -0.320. The Bertz CT molecular complexity index is 188. The topological polar surface area (TPSA) is 0 Å². The molecule has 0 aromatic rings. The van der Waals surface area contributed by atoms with Crippen LogP contribution in [0, 0.1) is 0 Å². The summed E-state index contributed by atoms with van der Waals surface area (Å²) in [7, 11) is 0. The summed E-state index contributed by atoms with van der Waals surface area (Å²) in [6, 6.07) is 0. The van der Waals surface area contributed by atoms with Crippen LogP contribution in [0.25, 0.3) is 0 Å². The van der Waals surface area contributed by atoms with Crippen molar-refractivity contribution in [3.63, 3.8) is 0 Å². The average molecular weight is 230 g/mol. The maximum atomic E-state index is 13.3. The highest BCUT2D eigenvalue weighted by Crippen LogP contribution is 2.34. The number of rotatable bonds is 5. The number of halogens is 4. The van der Waals surface area contributed by atoms with E-state index in [0.717, 1.165) is 0 Å². The summed E-state index contributed by atoms with van der Waals surface area (Å²) in [4.78, 5) is -2.93. The van der Waals surface area contributed by atoms with E-state index in [1.807, 2.05) is 0 Å². The van der Waals surface area contributed by atoms with Gasteiger partial charge in [-0.15, -0.1) is 0 Å². The Balaban J connectivity index is 4.48. The minimum atomic E-state index is -2.93. The van der Waals surface area contributed by atoms with Gasteiger partial charge in [-0.05, 0) is 27.2 Å². The fraction of sp³-hybridized carbons (Fsp3) is 1.00. The summed E-state index contributed by atoms with van der Waals surface area (Å²) >= 11 is 0. The van der Waals surface area contributed by atoms with Crippen LogP contribution >= 0.6 is 0 Å². The van der Waals surface area contributed by atoms with Gasteiger partial charge in [0.1, 0.15) is 0 Å². The Labute approximate surface area is 88.5 Å². The molecule has 5 heteroatoms. The van der Waals surface area contributed by atoms with Gasteiger partial charge in [0.2, 0.25) is 0 Å². The Morgan fingerprint density at radius 1 is 1.13 bits per heavy atom.